The van der Waals surface area contributed by atoms with Crippen LogP contribution in [-0.2, 0) is 0 Å². The number of methoxy groups -OCH3 is 1. The predicted molar refractivity (Wildman–Crippen MR) is 58.4 cm³/mol. The minimum atomic E-state index is -0.361. The average molecular weight is 219 g/mol. The third kappa shape index (κ3) is 1.93. The third-order valence-corrected chi connectivity index (χ3v) is 2.09. The van der Waals surface area contributed by atoms with E-state index in [0.29, 0.717) is 17.0 Å². The second-order valence-corrected chi connectivity index (χ2v) is 3.17. The molecule has 0 unspecified atom stereocenters. The summed E-state index contributed by atoms with van der Waals surface area (Å²) in [6.07, 6.45) is 2.93. The molecule has 0 radical (unpaired) electrons. The van der Waals surface area contributed by atoms with Crippen molar-refractivity contribution in [3.8, 4) is 17.0 Å². The summed E-state index contributed by atoms with van der Waals surface area (Å²) in [6, 6.07) is 4.19. The molecule has 0 fully saturated rings. The van der Waals surface area contributed by atoms with Crippen molar-refractivity contribution in [3.63, 3.8) is 0 Å². The van der Waals surface area contributed by atoms with Gasteiger partial charge in [0.15, 0.2) is 0 Å². The molecule has 0 amide bonds. The molecule has 0 bridgehead atoms. The predicted octanol–water partition coefficient (Wildman–Crippen LogP) is 1.87. The lowest BCUT2D eigenvalue weighted by Gasteiger charge is -2.07. The van der Waals surface area contributed by atoms with Gasteiger partial charge in [0, 0.05) is 5.56 Å². The van der Waals surface area contributed by atoms with Crippen LogP contribution in [0, 0.1) is 5.82 Å². The normalized spacial score (nSPS) is 10.1. The van der Waals surface area contributed by atoms with Gasteiger partial charge in [0.05, 0.1) is 25.2 Å². The molecular formula is C11H10FN3O. The lowest BCUT2D eigenvalue weighted by molar-refractivity contribution is 0.415. The SMILES string of the molecule is COc1ccc(F)cc1-c1cncc(N)n1. The fraction of sp³-hybridized carbons (Fsp3) is 0.0909. The van der Waals surface area contributed by atoms with Gasteiger partial charge in [0.2, 0.25) is 0 Å². The van der Waals surface area contributed by atoms with E-state index in [2.05, 4.69) is 9.97 Å². The molecule has 0 atom stereocenters. The van der Waals surface area contributed by atoms with E-state index in [4.69, 9.17) is 10.5 Å². The first-order valence-electron chi connectivity index (χ1n) is 4.62. The van der Waals surface area contributed by atoms with Crippen molar-refractivity contribution in [1.82, 2.24) is 9.97 Å². The van der Waals surface area contributed by atoms with Crippen molar-refractivity contribution in [2.45, 2.75) is 0 Å². The van der Waals surface area contributed by atoms with Gasteiger partial charge in [-0.2, -0.15) is 0 Å². The van der Waals surface area contributed by atoms with E-state index in [1.807, 2.05) is 0 Å². The van der Waals surface area contributed by atoms with Crippen molar-refractivity contribution in [2.24, 2.45) is 0 Å². The van der Waals surface area contributed by atoms with Crippen molar-refractivity contribution < 1.29 is 9.13 Å². The lowest BCUT2D eigenvalue weighted by atomic mass is 10.1. The number of rotatable bonds is 2. The molecule has 4 nitrogen and oxygen atoms in total. The quantitative estimate of drug-likeness (QED) is 0.837. The van der Waals surface area contributed by atoms with Gasteiger partial charge in [-0.3, -0.25) is 4.98 Å². The molecule has 2 N–H and O–H groups in total. The third-order valence-electron chi connectivity index (χ3n) is 2.09. The van der Waals surface area contributed by atoms with Gasteiger partial charge < -0.3 is 10.5 Å². The Labute approximate surface area is 91.9 Å². The number of hydrogen-bond acceptors (Lipinski definition) is 4. The van der Waals surface area contributed by atoms with Crippen LogP contribution in [0.3, 0.4) is 0 Å². The first-order valence-corrected chi connectivity index (χ1v) is 4.62. The van der Waals surface area contributed by atoms with Crippen LogP contribution in [0.2, 0.25) is 0 Å². The number of nitrogens with zero attached hydrogens (tertiary/aromatic N) is 2. The van der Waals surface area contributed by atoms with E-state index < -0.39 is 0 Å². The standard InChI is InChI=1S/C11H10FN3O/c1-16-10-3-2-7(12)4-8(10)9-5-14-6-11(13)15-9/h2-6H,1H3,(H2,13,15). The molecule has 0 aliphatic heterocycles. The number of nitrogen functional groups attached to an aromatic ring is 1. The summed E-state index contributed by atoms with van der Waals surface area (Å²) >= 11 is 0. The van der Waals surface area contributed by atoms with Gasteiger partial charge in [-0.1, -0.05) is 0 Å². The van der Waals surface area contributed by atoms with Gasteiger partial charge in [-0.25, -0.2) is 9.37 Å². The van der Waals surface area contributed by atoms with Crippen LogP contribution < -0.4 is 10.5 Å². The highest BCUT2D eigenvalue weighted by Gasteiger charge is 2.09. The first-order chi connectivity index (χ1) is 7.70. The van der Waals surface area contributed by atoms with Crippen molar-refractivity contribution in [2.75, 3.05) is 12.8 Å². The maximum Gasteiger partial charge on any atom is 0.142 e. The molecular weight excluding hydrogens is 209 g/mol. The number of anilines is 1. The molecule has 2 rings (SSSR count). The fourth-order valence-corrected chi connectivity index (χ4v) is 1.39. The lowest BCUT2D eigenvalue weighted by Crippen LogP contribution is -1.96. The largest absolute Gasteiger partial charge is 0.496 e. The molecule has 0 aliphatic rings. The van der Waals surface area contributed by atoms with E-state index in [0.717, 1.165) is 0 Å². The van der Waals surface area contributed by atoms with Crippen molar-refractivity contribution >= 4 is 5.82 Å². The van der Waals surface area contributed by atoms with Crippen LogP contribution in [0.4, 0.5) is 10.2 Å². The summed E-state index contributed by atoms with van der Waals surface area (Å²) in [5.74, 6) is 0.449. The minimum Gasteiger partial charge on any atom is -0.496 e. The molecule has 0 aliphatic carbocycles. The molecule has 0 saturated carbocycles. The van der Waals surface area contributed by atoms with Gasteiger partial charge in [-0.15, -0.1) is 0 Å². The zero-order valence-electron chi connectivity index (χ0n) is 8.64. The highest BCUT2D eigenvalue weighted by Crippen LogP contribution is 2.28. The number of nitrogens with two attached hydrogens (primary N) is 1. The van der Waals surface area contributed by atoms with E-state index in [1.165, 1.54) is 37.7 Å². The maximum absolute atomic E-state index is 13.1. The van der Waals surface area contributed by atoms with Crippen LogP contribution in [0.25, 0.3) is 11.3 Å². The highest BCUT2D eigenvalue weighted by molar-refractivity contribution is 5.67. The summed E-state index contributed by atoms with van der Waals surface area (Å²) in [4.78, 5) is 7.96. The molecule has 1 aromatic carbocycles. The summed E-state index contributed by atoms with van der Waals surface area (Å²) in [7, 11) is 1.51. The summed E-state index contributed by atoms with van der Waals surface area (Å²) in [5.41, 5.74) is 6.53. The summed E-state index contributed by atoms with van der Waals surface area (Å²) < 4.78 is 18.3. The Morgan fingerprint density at radius 1 is 1.31 bits per heavy atom. The topological polar surface area (TPSA) is 61.0 Å². The van der Waals surface area contributed by atoms with Crippen LogP contribution in [0.1, 0.15) is 0 Å². The Bertz CT molecular complexity index is 516. The maximum atomic E-state index is 13.1. The Kier molecular flexibility index (Phi) is 2.68. The van der Waals surface area contributed by atoms with Gasteiger partial charge >= 0.3 is 0 Å². The number of ether oxygens (including phenoxy) is 1. The zero-order valence-corrected chi connectivity index (χ0v) is 8.64. The van der Waals surface area contributed by atoms with Gasteiger partial charge in [0.25, 0.3) is 0 Å². The first kappa shape index (κ1) is 10.4. The Hall–Kier alpha value is -2.17. The molecule has 1 aromatic heterocycles. The van der Waals surface area contributed by atoms with Gasteiger partial charge in [-0.05, 0) is 18.2 Å². The van der Waals surface area contributed by atoms with Crippen LogP contribution in [0.15, 0.2) is 30.6 Å². The van der Waals surface area contributed by atoms with E-state index in [9.17, 15) is 4.39 Å². The zero-order chi connectivity index (χ0) is 11.5. The Morgan fingerprint density at radius 3 is 2.81 bits per heavy atom. The molecule has 2 aromatic rings. The summed E-state index contributed by atoms with van der Waals surface area (Å²) in [5, 5.41) is 0. The van der Waals surface area contributed by atoms with Crippen LogP contribution >= 0.6 is 0 Å². The van der Waals surface area contributed by atoms with Crippen molar-refractivity contribution in [1.29, 1.82) is 0 Å². The monoisotopic (exact) mass is 219 g/mol. The number of hydrogen-bond donors (Lipinski definition) is 1. The average Bonchev–Trinajstić information content (AvgIpc) is 2.29. The fourth-order valence-electron chi connectivity index (χ4n) is 1.39. The molecule has 0 spiro atoms. The molecule has 0 saturated heterocycles. The molecule has 82 valence electrons. The van der Waals surface area contributed by atoms with E-state index in [-0.39, 0.29) is 11.6 Å². The van der Waals surface area contributed by atoms with E-state index in [1.54, 1.807) is 0 Å². The van der Waals surface area contributed by atoms with Gasteiger partial charge in [0.1, 0.15) is 17.4 Å². The number of benzene rings is 1. The smallest absolute Gasteiger partial charge is 0.142 e. The molecule has 1 heterocycles. The van der Waals surface area contributed by atoms with Crippen molar-refractivity contribution in [3.05, 3.63) is 36.4 Å². The Morgan fingerprint density at radius 2 is 2.12 bits per heavy atom. The number of aromatic nitrogens is 2. The summed E-state index contributed by atoms with van der Waals surface area (Å²) in [6.45, 7) is 0. The molecule has 5 heteroatoms. The minimum absolute atomic E-state index is 0.281. The molecule has 16 heavy (non-hydrogen) atoms. The van der Waals surface area contributed by atoms with E-state index >= 15 is 0 Å². The van der Waals surface area contributed by atoms with Crippen LogP contribution in [0.5, 0.6) is 5.75 Å². The number of halogens is 1. The Balaban J connectivity index is 2.58. The van der Waals surface area contributed by atoms with Crippen LogP contribution in [-0.4, -0.2) is 17.1 Å². The highest BCUT2D eigenvalue weighted by atomic mass is 19.1. The second-order valence-electron chi connectivity index (χ2n) is 3.17. The second kappa shape index (κ2) is 4.14.